The molecular weight excluding hydrogens is 277 g/mol. The number of aryl methyl sites for hydroxylation is 1. The topological polar surface area (TPSA) is 26.3 Å². The zero-order chi connectivity index (χ0) is 14.5. The SMILES string of the molecule is CCOC(=O)/C(=C\C(F)(F)F)Sc1ccc(C)cc1. The smallest absolute Gasteiger partial charge is 0.411 e. The fraction of sp³-hybridized carbons (Fsp3) is 0.308. The first-order valence-electron chi connectivity index (χ1n) is 5.53. The van der Waals surface area contributed by atoms with Gasteiger partial charge >= 0.3 is 12.1 Å². The number of carbonyl (C=O) groups excluding carboxylic acids is 1. The molecule has 104 valence electrons. The van der Waals surface area contributed by atoms with E-state index in [1.54, 1.807) is 31.2 Å². The highest BCUT2D eigenvalue weighted by Gasteiger charge is 2.28. The van der Waals surface area contributed by atoms with Gasteiger partial charge in [-0.05, 0) is 26.0 Å². The van der Waals surface area contributed by atoms with Crippen LogP contribution in [0, 0.1) is 6.92 Å². The maximum absolute atomic E-state index is 12.4. The summed E-state index contributed by atoms with van der Waals surface area (Å²) in [7, 11) is 0. The van der Waals surface area contributed by atoms with Crippen molar-refractivity contribution in [2.45, 2.75) is 24.9 Å². The molecular formula is C13H13F3O2S. The van der Waals surface area contributed by atoms with Crippen LogP contribution in [-0.2, 0) is 9.53 Å². The third-order valence-corrected chi connectivity index (χ3v) is 3.03. The Morgan fingerprint density at radius 1 is 1.32 bits per heavy atom. The van der Waals surface area contributed by atoms with Crippen molar-refractivity contribution in [3.63, 3.8) is 0 Å². The quantitative estimate of drug-likeness (QED) is 0.474. The van der Waals surface area contributed by atoms with Gasteiger partial charge in [0, 0.05) is 11.0 Å². The Labute approximate surface area is 113 Å². The van der Waals surface area contributed by atoms with Crippen LogP contribution in [0.3, 0.4) is 0 Å². The summed E-state index contributed by atoms with van der Waals surface area (Å²) in [6.45, 7) is 3.44. The lowest BCUT2D eigenvalue weighted by atomic mass is 10.2. The summed E-state index contributed by atoms with van der Waals surface area (Å²) < 4.78 is 41.7. The summed E-state index contributed by atoms with van der Waals surface area (Å²) in [6.07, 6.45) is -4.59. The number of benzene rings is 1. The van der Waals surface area contributed by atoms with E-state index in [4.69, 9.17) is 0 Å². The number of alkyl halides is 3. The first-order valence-corrected chi connectivity index (χ1v) is 6.34. The van der Waals surface area contributed by atoms with Gasteiger partial charge in [-0.3, -0.25) is 0 Å². The minimum atomic E-state index is -4.56. The van der Waals surface area contributed by atoms with Gasteiger partial charge < -0.3 is 4.74 Å². The number of carbonyl (C=O) groups is 1. The monoisotopic (exact) mass is 290 g/mol. The van der Waals surface area contributed by atoms with Crippen LogP contribution in [0.15, 0.2) is 40.1 Å². The minimum Gasteiger partial charge on any atom is -0.462 e. The van der Waals surface area contributed by atoms with Gasteiger partial charge in [0.1, 0.15) is 4.91 Å². The molecule has 0 radical (unpaired) electrons. The highest BCUT2D eigenvalue weighted by Crippen LogP contribution is 2.31. The molecule has 6 heteroatoms. The number of allylic oxidation sites excluding steroid dienone is 1. The number of hydrogen-bond acceptors (Lipinski definition) is 3. The molecule has 1 rings (SSSR count). The fourth-order valence-corrected chi connectivity index (χ4v) is 2.08. The lowest BCUT2D eigenvalue weighted by Gasteiger charge is -2.08. The summed E-state index contributed by atoms with van der Waals surface area (Å²) in [6, 6.07) is 6.84. The van der Waals surface area contributed by atoms with Gasteiger partial charge in [-0.15, -0.1) is 0 Å². The van der Waals surface area contributed by atoms with E-state index in [1.165, 1.54) is 0 Å². The minimum absolute atomic E-state index is 0.0302. The van der Waals surface area contributed by atoms with Gasteiger partial charge in [-0.25, -0.2) is 4.79 Å². The van der Waals surface area contributed by atoms with Crippen LogP contribution in [0.4, 0.5) is 13.2 Å². The van der Waals surface area contributed by atoms with Crippen LogP contribution in [0.5, 0.6) is 0 Å². The average Bonchev–Trinajstić information content (AvgIpc) is 2.30. The number of hydrogen-bond donors (Lipinski definition) is 0. The Morgan fingerprint density at radius 2 is 1.89 bits per heavy atom. The number of ether oxygens (including phenoxy) is 1. The van der Waals surface area contributed by atoms with E-state index in [9.17, 15) is 18.0 Å². The molecule has 0 amide bonds. The van der Waals surface area contributed by atoms with Crippen LogP contribution < -0.4 is 0 Å². The van der Waals surface area contributed by atoms with Crippen LogP contribution in [0.25, 0.3) is 0 Å². The van der Waals surface area contributed by atoms with Crippen molar-refractivity contribution in [1.29, 1.82) is 0 Å². The van der Waals surface area contributed by atoms with Gasteiger partial charge in [-0.1, -0.05) is 29.5 Å². The fourth-order valence-electron chi connectivity index (χ4n) is 1.21. The van der Waals surface area contributed by atoms with E-state index in [0.29, 0.717) is 4.90 Å². The predicted molar refractivity (Wildman–Crippen MR) is 67.8 cm³/mol. The van der Waals surface area contributed by atoms with Crippen LogP contribution in [-0.4, -0.2) is 18.8 Å². The molecule has 0 aliphatic carbocycles. The maximum atomic E-state index is 12.4. The molecule has 0 fully saturated rings. The van der Waals surface area contributed by atoms with E-state index in [-0.39, 0.29) is 12.7 Å². The van der Waals surface area contributed by atoms with Crippen LogP contribution >= 0.6 is 11.8 Å². The third kappa shape index (κ3) is 5.83. The van der Waals surface area contributed by atoms with E-state index >= 15 is 0 Å². The van der Waals surface area contributed by atoms with Crippen molar-refractivity contribution >= 4 is 17.7 Å². The van der Waals surface area contributed by atoms with Crippen molar-refractivity contribution in [2.75, 3.05) is 6.61 Å². The summed E-state index contributed by atoms with van der Waals surface area (Å²) in [4.78, 5) is 11.6. The summed E-state index contributed by atoms with van der Waals surface area (Å²) in [5.41, 5.74) is 0.988. The van der Waals surface area contributed by atoms with Gasteiger partial charge in [0.25, 0.3) is 0 Å². The van der Waals surface area contributed by atoms with Crippen LogP contribution in [0.2, 0.25) is 0 Å². The lowest BCUT2D eigenvalue weighted by Crippen LogP contribution is -2.10. The molecule has 2 nitrogen and oxygen atoms in total. The van der Waals surface area contributed by atoms with Crippen molar-refractivity contribution in [3.8, 4) is 0 Å². The Bertz CT molecular complexity index is 464. The number of halogens is 3. The van der Waals surface area contributed by atoms with E-state index in [0.717, 1.165) is 17.3 Å². The molecule has 0 heterocycles. The molecule has 0 aliphatic heterocycles. The number of esters is 1. The molecule has 0 N–H and O–H groups in total. The molecule has 0 aliphatic rings. The second-order valence-corrected chi connectivity index (χ2v) is 4.80. The highest BCUT2D eigenvalue weighted by atomic mass is 32.2. The van der Waals surface area contributed by atoms with E-state index in [1.807, 2.05) is 6.92 Å². The molecule has 1 aromatic carbocycles. The molecule has 0 bridgehead atoms. The normalized spacial score (nSPS) is 12.4. The zero-order valence-electron chi connectivity index (χ0n) is 10.5. The van der Waals surface area contributed by atoms with E-state index in [2.05, 4.69) is 4.74 Å². The molecule has 1 aromatic rings. The Kier molecular flexibility index (Phi) is 5.47. The standard InChI is InChI=1S/C13H13F3O2S/c1-3-18-12(17)11(8-13(14,15)16)19-10-6-4-9(2)5-7-10/h4-8H,3H2,1-2H3/b11-8+. The van der Waals surface area contributed by atoms with Crippen molar-refractivity contribution < 1.29 is 22.7 Å². The zero-order valence-corrected chi connectivity index (χ0v) is 11.3. The maximum Gasteiger partial charge on any atom is 0.411 e. The molecule has 0 saturated carbocycles. The van der Waals surface area contributed by atoms with Crippen LogP contribution in [0.1, 0.15) is 12.5 Å². The van der Waals surface area contributed by atoms with Gasteiger partial charge in [-0.2, -0.15) is 13.2 Å². The van der Waals surface area contributed by atoms with Crippen molar-refractivity contribution in [3.05, 3.63) is 40.8 Å². The Morgan fingerprint density at radius 3 is 2.37 bits per heavy atom. The molecule has 0 saturated heterocycles. The van der Waals surface area contributed by atoms with Crippen molar-refractivity contribution in [1.82, 2.24) is 0 Å². The lowest BCUT2D eigenvalue weighted by molar-refractivity contribution is -0.138. The Hall–Kier alpha value is -1.43. The largest absolute Gasteiger partial charge is 0.462 e. The average molecular weight is 290 g/mol. The second-order valence-electron chi connectivity index (χ2n) is 3.69. The summed E-state index contributed by atoms with van der Waals surface area (Å²) in [5, 5.41) is 0. The summed E-state index contributed by atoms with van der Waals surface area (Å²) in [5.74, 6) is -0.967. The second kappa shape index (κ2) is 6.65. The Balaban J connectivity index is 2.95. The molecule has 0 atom stereocenters. The molecule has 0 aromatic heterocycles. The third-order valence-electron chi connectivity index (χ3n) is 2.02. The molecule has 19 heavy (non-hydrogen) atoms. The van der Waals surface area contributed by atoms with E-state index < -0.39 is 17.1 Å². The number of thioether (sulfide) groups is 1. The van der Waals surface area contributed by atoms with Gasteiger partial charge in [0.15, 0.2) is 0 Å². The first kappa shape index (κ1) is 15.6. The highest BCUT2D eigenvalue weighted by molar-refractivity contribution is 8.04. The van der Waals surface area contributed by atoms with Crippen molar-refractivity contribution in [2.24, 2.45) is 0 Å². The first-order chi connectivity index (χ1) is 8.81. The summed E-state index contributed by atoms with van der Waals surface area (Å²) >= 11 is 0.739. The number of rotatable bonds is 4. The molecule has 0 spiro atoms. The predicted octanol–water partition coefficient (Wildman–Crippen LogP) is 4.10. The van der Waals surface area contributed by atoms with Gasteiger partial charge in [0.05, 0.1) is 6.61 Å². The molecule has 0 unspecified atom stereocenters. The van der Waals surface area contributed by atoms with Gasteiger partial charge in [0.2, 0.25) is 0 Å².